The molecule has 6 rings (SSSR count). The van der Waals surface area contributed by atoms with Crippen LogP contribution in [0.3, 0.4) is 0 Å². The van der Waals surface area contributed by atoms with Gasteiger partial charge in [-0.3, -0.25) is 0 Å². The van der Waals surface area contributed by atoms with E-state index in [1.807, 2.05) is 5.38 Å². The van der Waals surface area contributed by atoms with Crippen LogP contribution in [0.1, 0.15) is 6.42 Å². The first-order valence-electron chi connectivity index (χ1n) is 7.85. The number of nitrogens with zero attached hydrogens (tertiary/aromatic N) is 3. The van der Waals surface area contributed by atoms with E-state index in [9.17, 15) is 8.42 Å². The minimum absolute atomic E-state index is 0.00760. The molecule has 3 saturated heterocycles. The summed E-state index contributed by atoms with van der Waals surface area (Å²) in [6.45, 7) is 1.66. The number of sulfonamides is 1. The van der Waals surface area contributed by atoms with Gasteiger partial charge in [-0.1, -0.05) is 0 Å². The van der Waals surface area contributed by atoms with Crippen molar-refractivity contribution in [3.63, 3.8) is 0 Å². The zero-order chi connectivity index (χ0) is 17.2. The summed E-state index contributed by atoms with van der Waals surface area (Å²) >= 11 is 1.40. The number of piperazine rings is 1. The van der Waals surface area contributed by atoms with Gasteiger partial charge >= 0.3 is 0 Å². The third kappa shape index (κ3) is 2.53. The average Bonchev–Trinajstić information content (AvgIpc) is 3.22. The highest BCUT2D eigenvalue weighted by atomic mass is 32.2. The average molecular weight is 377 g/mol. The number of aromatic nitrogens is 2. The number of piperidine rings is 1. The quantitative estimate of drug-likeness (QED) is 0.703. The number of thiazole rings is 1. The Kier molecular flexibility index (Phi) is 3.20. The fourth-order valence-corrected chi connectivity index (χ4v) is 4.69. The van der Waals surface area contributed by atoms with Crippen LogP contribution in [0.5, 0.6) is 0 Å². The van der Waals surface area contributed by atoms with Gasteiger partial charge in [-0.25, -0.2) is 18.5 Å². The Hall–Kier alpha value is -2.01. The van der Waals surface area contributed by atoms with Crippen molar-refractivity contribution in [2.45, 2.75) is 23.4 Å². The molecule has 10 heteroatoms. The van der Waals surface area contributed by atoms with Gasteiger partial charge in [0.15, 0.2) is 5.58 Å². The molecule has 2 bridgehead atoms. The van der Waals surface area contributed by atoms with Gasteiger partial charge < -0.3 is 14.6 Å². The molecule has 0 radical (unpaired) electrons. The van der Waals surface area contributed by atoms with E-state index in [4.69, 9.17) is 9.56 Å². The molecule has 3 aromatic rings. The van der Waals surface area contributed by atoms with Crippen molar-refractivity contribution < 1.29 is 12.8 Å². The molecule has 2 unspecified atom stereocenters. The molecule has 1 aromatic carbocycles. The van der Waals surface area contributed by atoms with Gasteiger partial charge in [-0.15, -0.1) is 11.3 Å². The van der Waals surface area contributed by atoms with Crippen molar-refractivity contribution in [2.24, 2.45) is 5.14 Å². The number of nitrogens with one attached hydrogen (secondary N) is 1. The van der Waals surface area contributed by atoms with Crippen LogP contribution >= 0.6 is 11.3 Å². The number of rotatable bonds is 3. The van der Waals surface area contributed by atoms with Crippen molar-refractivity contribution in [2.75, 3.05) is 18.0 Å². The molecule has 0 spiro atoms. The Morgan fingerprint density at radius 1 is 1.32 bits per heavy atom. The van der Waals surface area contributed by atoms with Crippen LogP contribution in [0.4, 0.5) is 6.01 Å². The molecule has 3 N–H and O–H groups in total. The molecule has 2 aromatic heterocycles. The van der Waals surface area contributed by atoms with E-state index in [1.54, 1.807) is 6.20 Å². The zero-order valence-electron chi connectivity index (χ0n) is 13.0. The number of nitrogens with two attached hydrogens (primary N) is 1. The predicted molar refractivity (Wildman–Crippen MR) is 94.0 cm³/mol. The summed E-state index contributed by atoms with van der Waals surface area (Å²) in [5.74, 6) is 0. The number of hydrogen-bond acceptors (Lipinski definition) is 8. The lowest BCUT2D eigenvalue weighted by Gasteiger charge is -2.47. The Bertz CT molecular complexity index is 1040. The third-order valence-corrected chi connectivity index (χ3v) is 6.34. The summed E-state index contributed by atoms with van der Waals surface area (Å²) in [4.78, 5) is 10.9. The molecule has 3 aliphatic rings. The first-order chi connectivity index (χ1) is 12.0. The smallest absolute Gasteiger partial charge is 0.298 e. The fraction of sp³-hybridized carbons (Fsp3) is 0.333. The molecule has 5 heterocycles. The maximum Gasteiger partial charge on any atom is 0.298 e. The number of hydrogen-bond donors (Lipinski definition) is 2. The van der Waals surface area contributed by atoms with E-state index in [-0.39, 0.29) is 4.90 Å². The van der Waals surface area contributed by atoms with Crippen LogP contribution in [0.2, 0.25) is 0 Å². The van der Waals surface area contributed by atoms with E-state index in [1.165, 1.54) is 29.9 Å². The lowest BCUT2D eigenvalue weighted by molar-refractivity contribution is 0.220. The minimum Gasteiger partial charge on any atom is -0.423 e. The van der Waals surface area contributed by atoms with Gasteiger partial charge in [-0.2, -0.15) is 4.98 Å². The summed E-state index contributed by atoms with van der Waals surface area (Å²) in [6.07, 6.45) is 2.84. The highest BCUT2D eigenvalue weighted by molar-refractivity contribution is 7.89. The fourth-order valence-electron chi connectivity index (χ4n) is 3.48. The molecule has 0 amide bonds. The summed E-state index contributed by atoms with van der Waals surface area (Å²) in [6, 6.07) is 4.40. The predicted octanol–water partition coefficient (Wildman–Crippen LogP) is 1.15. The Labute approximate surface area is 147 Å². The van der Waals surface area contributed by atoms with E-state index >= 15 is 0 Å². The van der Waals surface area contributed by atoms with Crippen molar-refractivity contribution in [3.8, 4) is 10.6 Å². The third-order valence-electron chi connectivity index (χ3n) is 4.64. The van der Waals surface area contributed by atoms with Crippen molar-refractivity contribution in [3.05, 3.63) is 23.7 Å². The van der Waals surface area contributed by atoms with Gasteiger partial charge in [-0.05, 0) is 18.6 Å². The van der Waals surface area contributed by atoms with Gasteiger partial charge in [0.05, 0.1) is 10.5 Å². The summed E-state index contributed by atoms with van der Waals surface area (Å²) in [5.41, 5.74) is 1.60. The summed E-state index contributed by atoms with van der Waals surface area (Å²) in [7, 11) is -3.85. The number of primary sulfonamides is 1. The molecule has 3 fully saturated rings. The lowest BCUT2D eigenvalue weighted by Crippen LogP contribution is -2.67. The van der Waals surface area contributed by atoms with Gasteiger partial charge in [0.2, 0.25) is 10.0 Å². The monoisotopic (exact) mass is 377 g/mol. The molecule has 0 saturated carbocycles. The molecule has 2 atom stereocenters. The number of anilines is 1. The molecule has 130 valence electrons. The Balaban J connectivity index is 1.67. The van der Waals surface area contributed by atoms with E-state index in [0.717, 1.165) is 13.1 Å². The number of benzene rings is 1. The Morgan fingerprint density at radius 3 is 2.72 bits per heavy atom. The molecular weight excluding hydrogens is 362 g/mol. The van der Waals surface area contributed by atoms with E-state index < -0.39 is 10.0 Å². The van der Waals surface area contributed by atoms with Gasteiger partial charge in [0.25, 0.3) is 6.01 Å². The Morgan fingerprint density at radius 2 is 2.08 bits per heavy atom. The minimum atomic E-state index is -3.85. The molecule has 8 nitrogen and oxygen atoms in total. The highest BCUT2D eigenvalue weighted by Crippen LogP contribution is 2.36. The first-order valence-corrected chi connectivity index (χ1v) is 10.3. The van der Waals surface area contributed by atoms with E-state index in [2.05, 4.69) is 20.2 Å². The van der Waals surface area contributed by atoms with Crippen LogP contribution in [0, 0.1) is 0 Å². The summed E-state index contributed by atoms with van der Waals surface area (Å²) < 4.78 is 29.7. The highest BCUT2D eigenvalue weighted by Gasteiger charge is 2.38. The number of fused-ring (bicyclic) bond motifs is 3. The van der Waals surface area contributed by atoms with E-state index in [0.29, 0.717) is 39.8 Å². The first kappa shape index (κ1) is 15.3. The number of oxazole rings is 1. The standard InChI is InChI=1S/C15H15N5O3S2/c16-25(21,22)10-4-11(14-17-1-2-24-14)13-12(5-10)19-15(23-13)20-6-8-3-9(7-20)18-8/h1-2,4-5,8-9,18H,3,6-7H2,(H2,16,21,22). The lowest BCUT2D eigenvalue weighted by atomic mass is 9.92. The van der Waals surface area contributed by atoms with Crippen molar-refractivity contribution in [1.29, 1.82) is 0 Å². The van der Waals surface area contributed by atoms with Gasteiger partial charge in [0.1, 0.15) is 10.5 Å². The largest absolute Gasteiger partial charge is 0.423 e. The van der Waals surface area contributed by atoms with Crippen molar-refractivity contribution in [1.82, 2.24) is 15.3 Å². The normalized spacial score (nSPS) is 23.0. The van der Waals surface area contributed by atoms with Crippen LogP contribution in [0.25, 0.3) is 21.7 Å². The molecular formula is C15H15N5O3S2. The van der Waals surface area contributed by atoms with Crippen LogP contribution < -0.4 is 15.4 Å². The second-order valence-electron chi connectivity index (χ2n) is 6.40. The SMILES string of the molecule is NS(=O)(=O)c1cc(-c2nccs2)c2oc(N3CC4CC(C3)N4)nc2c1. The second kappa shape index (κ2) is 5.24. The van der Waals surface area contributed by atoms with Gasteiger partial charge in [0, 0.05) is 36.8 Å². The maximum absolute atomic E-state index is 11.8. The molecule has 25 heavy (non-hydrogen) atoms. The topological polar surface area (TPSA) is 114 Å². The van der Waals surface area contributed by atoms with Crippen LogP contribution in [0.15, 0.2) is 33.0 Å². The maximum atomic E-state index is 11.8. The zero-order valence-corrected chi connectivity index (χ0v) is 14.7. The summed E-state index contributed by atoms with van der Waals surface area (Å²) in [5, 5.41) is 11.3. The second-order valence-corrected chi connectivity index (χ2v) is 8.85. The molecule has 3 aliphatic heterocycles. The molecule has 0 aliphatic carbocycles. The van der Waals surface area contributed by atoms with Crippen LogP contribution in [-0.4, -0.2) is 43.6 Å². The van der Waals surface area contributed by atoms with Crippen LogP contribution in [-0.2, 0) is 10.0 Å². The van der Waals surface area contributed by atoms with Crippen molar-refractivity contribution >= 4 is 38.5 Å².